The molecule has 0 radical (unpaired) electrons. The number of rotatable bonds is 4. The van der Waals surface area contributed by atoms with Crippen LogP contribution in [-0.4, -0.2) is 39.3 Å². The van der Waals surface area contributed by atoms with Gasteiger partial charge in [0, 0.05) is 25.5 Å². The summed E-state index contributed by atoms with van der Waals surface area (Å²) >= 11 is 0. The van der Waals surface area contributed by atoms with E-state index in [1.54, 1.807) is 51.5 Å². The first-order chi connectivity index (χ1) is 18.9. The van der Waals surface area contributed by atoms with Crippen LogP contribution in [0.25, 0.3) is 16.9 Å². The van der Waals surface area contributed by atoms with Crippen LogP contribution in [0.15, 0.2) is 84.2 Å². The third-order valence-corrected chi connectivity index (χ3v) is 6.49. The molecule has 0 aliphatic rings. The molecule has 1 aromatic carbocycles. The largest absolute Gasteiger partial charge is 0.344 e. The lowest BCUT2D eigenvalue weighted by Crippen LogP contribution is -2.34. The Bertz CT molecular complexity index is 1980. The minimum absolute atomic E-state index is 0.278. The molecule has 6 aromatic rings. The summed E-state index contributed by atoms with van der Waals surface area (Å²) in [6, 6.07) is 16.1. The average molecular weight is 517 g/mol. The SMILES string of the molecule is Cc1nn2ccccc2c1C(=O)N[C@@H](C)c1cc2ncc(C#Cc3cnn(C)c3)n2c(=O)n1-c1ccccc1. The first-order valence-electron chi connectivity index (χ1n) is 12.3. The third-order valence-electron chi connectivity index (χ3n) is 6.49. The summed E-state index contributed by atoms with van der Waals surface area (Å²) in [6.45, 7) is 3.65. The maximum atomic E-state index is 14.0. The fraction of sp³-hybridized carbons (Fsp3) is 0.138. The van der Waals surface area contributed by atoms with E-state index in [0.717, 1.165) is 5.56 Å². The van der Waals surface area contributed by atoms with Gasteiger partial charge in [0.25, 0.3) is 5.91 Å². The second kappa shape index (κ2) is 9.46. The number of aryl methyl sites for hydroxylation is 2. The Morgan fingerprint density at radius 2 is 1.85 bits per heavy atom. The van der Waals surface area contributed by atoms with E-state index in [-0.39, 0.29) is 11.6 Å². The molecule has 0 fully saturated rings. The Balaban J connectivity index is 1.45. The lowest BCUT2D eigenvalue weighted by molar-refractivity contribution is 0.0939. The Morgan fingerprint density at radius 3 is 2.62 bits per heavy atom. The van der Waals surface area contributed by atoms with Crippen molar-refractivity contribution in [2.45, 2.75) is 19.9 Å². The molecule has 0 spiro atoms. The molecule has 5 heterocycles. The molecule has 0 aliphatic carbocycles. The number of hydrogen-bond acceptors (Lipinski definition) is 5. The van der Waals surface area contributed by atoms with E-state index >= 15 is 0 Å². The van der Waals surface area contributed by atoms with E-state index in [1.807, 2.05) is 62.5 Å². The smallest absolute Gasteiger partial charge is 0.339 e. The van der Waals surface area contributed by atoms with Crippen LogP contribution in [0.5, 0.6) is 0 Å². The zero-order chi connectivity index (χ0) is 27.1. The summed E-state index contributed by atoms with van der Waals surface area (Å²) in [5, 5.41) is 11.6. The lowest BCUT2D eigenvalue weighted by Gasteiger charge is -2.20. The highest BCUT2D eigenvalue weighted by molar-refractivity contribution is 6.02. The van der Waals surface area contributed by atoms with Crippen molar-refractivity contribution in [3.05, 3.63) is 118 Å². The van der Waals surface area contributed by atoms with Gasteiger partial charge in [-0.25, -0.2) is 18.7 Å². The van der Waals surface area contributed by atoms with E-state index < -0.39 is 6.04 Å². The number of aromatic nitrogens is 7. The molecule has 1 atom stereocenters. The standard InChI is InChI=1S/C29H24N8O2/c1-19(32-28(38)27-20(2)33-35-14-8-7-11-24(27)35)25-15-26-30-17-23(13-12-21-16-31-34(3)18-21)37(26)29(39)36(25)22-9-5-4-6-10-22/h4-11,14-19H,1-3H3,(H,32,38)/t19-/m0/s1. The molecule has 6 rings (SSSR count). The van der Waals surface area contributed by atoms with Gasteiger partial charge >= 0.3 is 5.69 Å². The zero-order valence-corrected chi connectivity index (χ0v) is 21.5. The Kier molecular flexibility index (Phi) is 5.81. The van der Waals surface area contributed by atoms with Gasteiger partial charge in [-0.15, -0.1) is 0 Å². The highest BCUT2D eigenvalue weighted by Crippen LogP contribution is 2.21. The van der Waals surface area contributed by atoms with Crippen LogP contribution < -0.4 is 11.0 Å². The number of fused-ring (bicyclic) bond motifs is 2. The summed E-state index contributed by atoms with van der Waals surface area (Å²) in [6.07, 6.45) is 6.83. The number of para-hydroxylation sites is 1. The third kappa shape index (κ3) is 4.26. The van der Waals surface area contributed by atoms with Crippen molar-refractivity contribution in [1.29, 1.82) is 0 Å². The van der Waals surface area contributed by atoms with Crippen molar-refractivity contribution in [3.63, 3.8) is 0 Å². The van der Waals surface area contributed by atoms with Crippen LogP contribution >= 0.6 is 0 Å². The predicted molar refractivity (Wildman–Crippen MR) is 146 cm³/mol. The van der Waals surface area contributed by atoms with Crippen LogP contribution in [0.2, 0.25) is 0 Å². The van der Waals surface area contributed by atoms with Crippen molar-refractivity contribution in [2.24, 2.45) is 7.05 Å². The highest BCUT2D eigenvalue weighted by atomic mass is 16.2. The number of benzene rings is 1. The van der Waals surface area contributed by atoms with Crippen LogP contribution in [0.3, 0.4) is 0 Å². The van der Waals surface area contributed by atoms with Crippen molar-refractivity contribution in [1.82, 2.24) is 38.7 Å². The van der Waals surface area contributed by atoms with Gasteiger partial charge in [-0.2, -0.15) is 10.2 Å². The van der Waals surface area contributed by atoms with Crippen molar-refractivity contribution >= 4 is 17.1 Å². The van der Waals surface area contributed by atoms with Gasteiger partial charge in [0.05, 0.1) is 52.2 Å². The van der Waals surface area contributed by atoms with Crippen LogP contribution in [0, 0.1) is 18.8 Å². The van der Waals surface area contributed by atoms with E-state index in [2.05, 4.69) is 32.3 Å². The molecule has 0 saturated carbocycles. The Hall–Kier alpha value is -5.43. The zero-order valence-electron chi connectivity index (χ0n) is 21.5. The van der Waals surface area contributed by atoms with Gasteiger partial charge < -0.3 is 5.32 Å². The van der Waals surface area contributed by atoms with Crippen LogP contribution in [0.4, 0.5) is 0 Å². The van der Waals surface area contributed by atoms with E-state index in [4.69, 9.17) is 0 Å². The summed E-state index contributed by atoms with van der Waals surface area (Å²) in [4.78, 5) is 31.9. The van der Waals surface area contributed by atoms with Gasteiger partial charge in [-0.3, -0.25) is 14.0 Å². The number of nitrogens with zero attached hydrogens (tertiary/aromatic N) is 7. The summed E-state index contributed by atoms with van der Waals surface area (Å²) in [5.74, 6) is 5.80. The molecule has 1 N–H and O–H groups in total. The normalized spacial score (nSPS) is 11.9. The first kappa shape index (κ1) is 23.9. The number of carbonyl (C=O) groups excluding carboxylic acids is 1. The second-order valence-electron chi connectivity index (χ2n) is 9.20. The fourth-order valence-corrected chi connectivity index (χ4v) is 4.68. The monoisotopic (exact) mass is 516 g/mol. The maximum Gasteiger partial charge on any atom is 0.339 e. The predicted octanol–water partition coefficient (Wildman–Crippen LogP) is 3.07. The second-order valence-corrected chi connectivity index (χ2v) is 9.20. The minimum Gasteiger partial charge on any atom is -0.344 e. The number of imidazole rings is 1. The summed E-state index contributed by atoms with van der Waals surface area (Å²) in [7, 11) is 1.82. The van der Waals surface area contributed by atoms with Gasteiger partial charge in [0.2, 0.25) is 0 Å². The van der Waals surface area contributed by atoms with Crippen LogP contribution in [0.1, 0.15) is 46.0 Å². The quantitative estimate of drug-likeness (QED) is 0.363. The molecule has 10 heteroatoms. The Morgan fingerprint density at radius 1 is 1.05 bits per heavy atom. The van der Waals surface area contributed by atoms with E-state index in [9.17, 15) is 9.59 Å². The number of pyridine rings is 1. The molecule has 39 heavy (non-hydrogen) atoms. The fourth-order valence-electron chi connectivity index (χ4n) is 4.68. The summed E-state index contributed by atoms with van der Waals surface area (Å²) in [5.41, 5.74) is 4.34. The molecule has 192 valence electrons. The van der Waals surface area contributed by atoms with Crippen LogP contribution in [-0.2, 0) is 7.05 Å². The molecule has 10 nitrogen and oxygen atoms in total. The molecule has 5 aromatic heterocycles. The molecule has 0 bridgehead atoms. The Labute approximate surface area is 223 Å². The van der Waals surface area contributed by atoms with E-state index in [1.165, 1.54) is 4.40 Å². The molecular weight excluding hydrogens is 492 g/mol. The number of hydrogen-bond donors (Lipinski definition) is 1. The summed E-state index contributed by atoms with van der Waals surface area (Å²) < 4.78 is 6.40. The van der Waals surface area contributed by atoms with E-state index in [0.29, 0.717) is 39.5 Å². The van der Waals surface area contributed by atoms with Crippen molar-refractivity contribution in [2.75, 3.05) is 0 Å². The molecule has 0 saturated heterocycles. The van der Waals surface area contributed by atoms with Gasteiger partial charge in [0.1, 0.15) is 11.3 Å². The lowest BCUT2D eigenvalue weighted by atomic mass is 10.1. The first-order valence-corrected chi connectivity index (χ1v) is 12.3. The van der Waals surface area contributed by atoms with Crippen molar-refractivity contribution in [3.8, 4) is 17.5 Å². The molecule has 1 amide bonds. The van der Waals surface area contributed by atoms with Gasteiger partial charge in [-0.05, 0) is 44.0 Å². The molecular formula is C29H24N8O2. The maximum absolute atomic E-state index is 14.0. The number of amides is 1. The minimum atomic E-state index is -0.532. The topological polar surface area (TPSA) is 104 Å². The number of carbonyl (C=O) groups is 1. The molecule has 0 aliphatic heterocycles. The number of nitrogens with one attached hydrogen (secondary N) is 1. The highest BCUT2D eigenvalue weighted by Gasteiger charge is 2.23. The average Bonchev–Trinajstić information content (AvgIpc) is 3.63. The van der Waals surface area contributed by atoms with Gasteiger partial charge in [0.15, 0.2) is 0 Å². The molecule has 0 unspecified atom stereocenters. The van der Waals surface area contributed by atoms with Crippen molar-refractivity contribution < 1.29 is 4.79 Å². The van der Waals surface area contributed by atoms with Gasteiger partial charge in [-0.1, -0.05) is 30.2 Å².